The van der Waals surface area contributed by atoms with Crippen LogP contribution < -0.4 is 10.5 Å². The van der Waals surface area contributed by atoms with Gasteiger partial charge in [-0.2, -0.15) is 4.98 Å². The van der Waals surface area contributed by atoms with Gasteiger partial charge in [0.25, 0.3) is 6.01 Å². The van der Waals surface area contributed by atoms with E-state index in [0.29, 0.717) is 5.75 Å². The van der Waals surface area contributed by atoms with Crippen molar-refractivity contribution >= 4 is 17.1 Å². The topological polar surface area (TPSA) is 61.3 Å². The summed E-state index contributed by atoms with van der Waals surface area (Å²) in [6.07, 6.45) is 0. The summed E-state index contributed by atoms with van der Waals surface area (Å²) < 4.78 is 23.0. The number of nitrogens with zero attached hydrogens (tertiary/aromatic N) is 1. The number of fused-ring (bicyclic) bond motifs is 1. The lowest BCUT2D eigenvalue weighted by Crippen LogP contribution is -1.85. The quantitative estimate of drug-likeness (QED) is 0.726. The highest BCUT2D eigenvalue weighted by atomic mass is 19.1. The molecular weight excluding hydrogens is 175 g/mol. The van der Waals surface area contributed by atoms with Crippen LogP contribution in [-0.4, -0.2) is 12.1 Å². The third kappa shape index (κ3) is 1.09. The van der Waals surface area contributed by atoms with Crippen molar-refractivity contribution in [2.75, 3.05) is 12.8 Å². The summed E-state index contributed by atoms with van der Waals surface area (Å²) in [6.45, 7) is 0. The monoisotopic (exact) mass is 182 g/mol. The molecule has 0 spiro atoms. The first kappa shape index (κ1) is 7.85. The molecule has 0 unspecified atom stereocenters. The number of ether oxygens (including phenoxy) is 1. The molecule has 1 aromatic carbocycles. The maximum atomic E-state index is 13.1. The van der Waals surface area contributed by atoms with Crippen molar-refractivity contribution in [3.05, 3.63) is 17.9 Å². The van der Waals surface area contributed by atoms with E-state index in [0.717, 1.165) is 0 Å². The minimum Gasteiger partial charge on any atom is -0.493 e. The number of hydrogen-bond acceptors (Lipinski definition) is 4. The van der Waals surface area contributed by atoms with Gasteiger partial charge in [0.05, 0.1) is 7.11 Å². The first-order valence-electron chi connectivity index (χ1n) is 3.61. The van der Waals surface area contributed by atoms with E-state index in [9.17, 15) is 4.39 Å². The maximum Gasteiger partial charge on any atom is 0.293 e. The van der Waals surface area contributed by atoms with Crippen molar-refractivity contribution in [1.82, 2.24) is 4.98 Å². The van der Waals surface area contributed by atoms with Crippen LogP contribution in [0.4, 0.5) is 10.4 Å². The van der Waals surface area contributed by atoms with Crippen LogP contribution in [0.2, 0.25) is 0 Å². The van der Waals surface area contributed by atoms with Crippen LogP contribution in [0.5, 0.6) is 5.75 Å². The number of nitrogens with two attached hydrogens (primary N) is 1. The van der Waals surface area contributed by atoms with Gasteiger partial charge in [-0.1, -0.05) is 0 Å². The zero-order valence-electron chi connectivity index (χ0n) is 6.87. The Morgan fingerprint density at radius 3 is 3.00 bits per heavy atom. The van der Waals surface area contributed by atoms with Crippen LogP contribution in [0, 0.1) is 5.82 Å². The Morgan fingerprint density at radius 2 is 2.31 bits per heavy atom. The third-order valence-corrected chi connectivity index (χ3v) is 1.69. The molecule has 1 aromatic heterocycles. The molecule has 2 aromatic rings. The van der Waals surface area contributed by atoms with E-state index in [-0.39, 0.29) is 17.1 Å². The third-order valence-electron chi connectivity index (χ3n) is 1.69. The highest BCUT2D eigenvalue weighted by Gasteiger charge is 2.12. The molecule has 1 heterocycles. The number of rotatable bonds is 1. The van der Waals surface area contributed by atoms with Gasteiger partial charge in [-0.3, -0.25) is 0 Å². The average molecular weight is 182 g/mol. The summed E-state index contributed by atoms with van der Waals surface area (Å²) >= 11 is 0. The lowest BCUT2D eigenvalue weighted by atomic mass is 10.3. The maximum absolute atomic E-state index is 13.1. The van der Waals surface area contributed by atoms with Crippen molar-refractivity contribution < 1.29 is 13.5 Å². The molecule has 2 N–H and O–H groups in total. The summed E-state index contributed by atoms with van der Waals surface area (Å²) in [5.41, 5.74) is 5.61. The molecule has 2 rings (SSSR count). The zero-order valence-corrected chi connectivity index (χ0v) is 6.87. The summed E-state index contributed by atoms with van der Waals surface area (Å²) in [5, 5.41) is 0. The van der Waals surface area contributed by atoms with Crippen LogP contribution in [-0.2, 0) is 0 Å². The van der Waals surface area contributed by atoms with Crippen molar-refractivity contribution in [3.8, 4) is 5.75 Å². The normalized spacial score (nSPS) is 10.6. The van der Waals surface area contributed by atoms with Crippen LogP contribution in [0.25, 0.3) is 11.1 Å². The van der Waals surface area contributed by atoms with E-state index in [1.54, 1.807) is 0 Å². The van der Waals surface area contributed by atoms with Crippen molar-refractivity contribution in [3.63, 3.8) is 0 Å². The molecular formula is C8H7FN2O2. The van der Waals surface area contributed by atoms with Gasteiger partial charge < -0.3 is 14.9 Å². The van der Waals surface area contributed by atoms with E-state index >= 15 is 0 Å². The molecule has 0 fully saturated rings. The molecule has 0 saturated heterocycles. The van der Waals surface area contributed by atoms with Gasteiger partial charge in [-0.25, -0.2) is 4.39 Å². The second kappa shape index (κ2) is 2.62. The molecule has 0 atom stereocenters. The minimum absolute atomic E-state index is 0.0709. The molecule has 0 aliphatic rings. The minimum atomic E-state index is -0.476. The van der Waals surface area contributed by atoms with Crippen LogP contribution >= 0.6 is 0 Å². The molecule has 0 bridgehead atoms. The Bertz CT molecular complexity index is 453. The zero-order chi connectivity index (χ0) is 9.42. The number of halogens is 1. The van der Waals surface area contributed by atoms with E-state index in [2.05, 4.69) is 4.98 Å². The fourth-order valence-corrected chi connectivity index (χ4v) is 1.13. The van der Waals surface area contributed by atoms with Gasteiger partial charge in [0.15, 0.2) is 17.1 Å². The summed E-state index contributed by atoms with van der Waals surface area (Å²) in [5.74, 6) is -0.0585. The SMILES string of the molecule is COc1ccc(F)c2nc(N)oc12. The van der Waals surface area contributed by atoms with E-state index in [4.69, 9.17) is 14.9 Å². The lowest BCUT2D eigenvalue weighted by Gasteiger charge is -1.98. The molecule has 0 radical (unpaired) electrons. The predicted octanol–water partition coefficient (Wildman–Crippen LogP) is 1.56. The number of aromatic nitrogens is 1. The fourth-order valence-electron chi connectivity index (χ4n) is 1.13. The summed E-state index contributed by atoms with van der Waals surface area (Å²) in [4.78, 5) is 3.68. The number of methoxy groups -OCH3 is 1. The predicted molar refractivity (Wildman–Crippen MR) is 44.9 cm³/mol. The van der Waals surface area contributed by atoms with Crippen LogP contribution in [0.3, 0.4) is 0 Å². The largest absolute Gasteiger partial charge is 0.493 e. The molecule has 13 heavy (non-hydrogen) atoms. The average Bonchev–Trinajstić information content (AvgIpc) is 2.48. The van der Waals surface area contributed by atoms with E-state index in [1.165, 1.54) is 19.2 Å². The molecule has 68 valence electrons. The summed E-state index contributed by atoms with van der Waals surface area (Å²) in [7, 11) is 1.46. The Morgan fingerprint density at radius 1 is 1.54 bits per heavy atom. The molecule has 5 heteroatoms. The van der Waals surface area contributed by atoms with Gasteiger partial charge in [0, 0.05) is 0 Å². The lowest BCUT2D eigenvalue weighted by molar-refractivity contribution is 0.410. The molecule has 0 aliphatic heterocycles. The first-order valence-corrected chi connectivity index (χ1v) is 3.61. The van der Waals surface area contributed by atoms with E-state index < -0.39 is 5.82 Å². The van der Waals surface area contributed by atoms with Crippen molar-refractivity contribution in [2.24, 2.45) is 0 Å². The smallest absolute Gasteiger partial charge is 0.293 e. The number of nitrogen functional groups attached to an aromatic ring is 1. The van der Waals surface area contributed by atoms with Gasteiger partial charge >= 0.3 is 0 Å². The number of oxazole rings is 1. The molecule has 4 nitrogen and oxygen atoms in total. The van der Waals surface area contributed by atoms with Gasteiger partial charge in [0.2, 0.25) is 5.58 Å². The number of hydrogen-bond donors (Lipinski definition) is 1. The standard InChI is InChI=1S/C8H7FN2O2/c1-12-5-3-2-4(9)6-7(5)13-8(10)11-6/h2-3H,1H3,(H2,10,11). The van der Waals surface area contributed by atoms with Crippen molar-refractivity contribution in [2.45, 2.75) is 0 Å². The number of benzene rings is 1. The number of anilines is 1. The van der Waals surface area contributed by atoms with Gasteiger partial charge in [-0.05, 0) is 12.1 Å². The second-order valence-corrected chi connectivity index (χ2v) is 2.48. The molecule has 0 amide bonds. The van der Waals surface area contributed by atoms with Crippen LogP contribution in [0.15, 0.2) is 16.5 Å². The highest BCUT2D eigenvalue weighted by molar-refractivity contribution is 5.81. The van der Waals surface area contributed by atoms with Gasteiger partial charge in [-0.15, -0.1) is 0 Å². The van der Waals surface area contributed by atoms with Crippen molar-refractivity contribution in [1.29, 1.82) is 0 Å². The summed E-state index contributed by atoms with van der Waals surface area (Å²) in [6, 6.07) is 2.64. The Labute approximate surface area is 73.1 Å². The molecule has 0 aliphatic carbocycles. The Kier molecular flexibility index (Phi) is 1.58. The Balaban J connectivity index is 2.83. The fraction of sp³-hybridized carbons (Fsp3) is 0.125. The highest BCUT2D eigenvalue weighted by Crippen LogP contribution is 2.28. The van der Waals surface area contributed by atoms with Gasteiger partial charge in [0.1, 0.15) is 0 Å². The van der Waals surface area contributed by atoms with E-state index in [1.807, 2.05) is 0 Å². The second-order valence-electron chi connectivity index (χ2n) is 2.48. The molecule has 0 saturated carbocycles. The van der Waals surface area contributed by atoms with Crippen LogP contribution in [0.1, 0.15) is 0 Å². The Hall–Kier alpha value is -1.78. The first-order chi connectivity index (χ1) is 6.22.